The summed E-state index contributed by atoms with van der Waals surface area (Å²) in [5.41, 5.74) is -0.254. The Balaban J connectivity index is 2.08. The highest BCUT2D eigenvalue weighted by molar-refractivity contribution is 5.60. The highest BCUT2D eigenvalue weighted by atomic mass is 16.5. The van der Waals surface area contributed by atoms with Crippen molar-refractivity contribution in [3.8, 4) is 0 Å². The fourth-order valence-corrected chi connectivity index (χ4v) is 1.87. The molecule has 0 atom stereocenters. The number of aldehydes is 1. The summed E-state index contributed by atoms with van der Waals surface area (Å²) in [7, 11) is 0. The summed E-state index contributed by atoms with van der Waals surface area (Å²) >= 11 is 0. The van der Waals surface area contributed by atoms with E-state index in [0.29, 0.717) is 19.6 Å². The van der Waals surface area contributed by atoms with Gasteiger partial charge in [-0.15, -0.1) is 0 Å². The van der Waals surface area contributed by atoms with Crippen LogP contribution in [-0.4, -0.2) is 19.5 Å². The van der Waals surface area contributed by atoms with Gasteiger partial charge >= 0.3 is 0 Å². The van der Waals surface area contributed by atoms with Gasteiger partial charge in [-0.25, -0.2) is 0 Å². The van der Waals surface area contributed by atoms with Crippen molar-refractivity contribution in [2.75, 3.05) is 13.2 Å². The Hall–Kier alpha value is -1.09. The monoisotopic (exact) mass is 194 g/mol. The summed E-state index contributed by atoms with van der Waals surface area (Å²) in [6, 6.07) is 3.77. The van der Waals surface area contributed by atoms with Gasteiger partial charge in [-0.2, -0.15) is 0 Å². The number of ether oxygens (including phenoxy) is 1. The van der Waals surface area contributed by atoms with Crippen molar-refractivity contribution < 1.29 is 13.9 Å². The number of hydrogen-bond donors (Lipinski definition) is 0. The third kappa shape index (κ3) is 1.87. The predicted molar refractivity (Wildman–Crippen MR) is 51.0 cm³/mol. The van der Waals surface area contributed by atoms with E-state index in [1.807, 2.05) is 12.1 Å². The molecule has 76 valence electrons. The van der Waals surface area contributed by atoms with Crippen molar-refractivity contribution in [3.05, 3.63) is 24.2 Å². The summed E-state index contributed by atoms with van der Waals surface area (Å²) in [5, 5.41) is 0. The maximum atomic E-state index is 11.1. The van der Waals surface area contributed by atoms with E-state index >= 15 is 0 Å². The molecule has 14 heavy (non-hydrogen) atoms. The van der Waals surface area contributed by atoms with Gasteiger partial charge in [0, 0.05) is 25.0 Å². The molecule has 0 aliphatic carbocycles. The van der Waals surface area contributed by atoms with E-state index in [-0.39, 0.29) is 5.41 Å². The smallest absolute Gasteiger partial charge is 0.126 e. The van der Waals surface area contributed by atoms with Crippen LogP contribution in [0.2, 0.25) is 0 Å². The molecule has 0 aromatic carbocycles. The standard InChI is InChI=1S/C11H14O3/c12-9-11(3-6-13-7-4-11)8-10-2-1-5-14-10/h1-2,5,9H,3-4,6-8H2. The molecule has 1 saturated heterocycles. The Morgan fingerprint density at radius 1 is 1.43 bits per heavy atom. The Bertz CT molecular complexity index is 283. The third-order valence-electron chi connectivity index (χ3n) is 2.84. The molecule has 0 spiro atoms. The van der Waals surface area contributed by atoms with Gasteiger partial charge in [-0.05, 0) is 25.0 Å². The van der Waals surface area contributed by atoms with Gasteiger partial charge in [0.2, 0.25) is 0 Å². The molecule has 3 heteroatoms. The second kappa shape index (κ2) is 3.96. The van der Waals surface area contributed by atoms with Crippen molar-refractivity contribution in [3.63, 3.8) is 0 Å². The zero-order valence-electron chi connectivity index (χ0n) is 8.07. The first kappa shape index (κ1) is 9.46. The molecule has 1 aromatic heterocycles. The van der Waals surface area contributed by atoms with Gasteiger partial charge in [0.15, 0.2) is 0 Å². The molecule has 2 heterocycles. The molecular weight excluding hydrogens is 180 g/mol. The van der Waals surface area contributed by atoms with Gasteiger partial charge < -0.3 is 13.9 Å². The van der Waals surface area contributed by atoms with E-state index in [4.69, 9.17) is 9.15 Å². The molecule has 1 aliphatic rings. The average molecular weight is 194 g/mol. The van der Waals surface area contributed by atoms with Crippen LogP contribution < -0.4 is 0 Å². The van der Waals surface area contributed by atoms with Gasteiger partial charge in [0.05, 0.1) is 6.26 Å². The minimum atomic E-state index is -0.254. The number of furan rings is 1. The lowest BCUT2D eigenvalue weighted by atomic mass is 9.78. The van der Waals surface area contributed by atoms with Crippen molar-refractivity contribution >= 4 is 6.29 Å². The van der Waals surface area contributed by atoms with Gasteiger partial charge in [0.25, 0.3) is 0 Å². The van der Waals surface area contributed by atoms with E-state index < -0.39 is 0 Å². The Kier molecular flexibility index (Phi) is 2.68. The van der Waals surface area contributed by atoms with E-state index in [0.717, 1.165) is 24.9 Å². The molecule has 1 aliphatic heterocycles. The number of rotatable bonds is 3. The fraction of sp³-hybridized carbons (Fsp3) is 0.545. The maximum Gasteiger partial charge on any atom is 0.126 e. The predicted octanol–water partition coefficient (Wildman–Crippen LogP) is 1.82. The largest absolute Gasteiger partial charge is 0.469 e. The van der Waals surface area contributed by atoms with Crippen LogP contribution in [0.25, 0.3) is 0 Å². The van der Waals surface area contributed by atoms with E-state index in [1.165, 1.54) is 0 Å². The summed E-state index contributed by atoms with van der Waals surface area (Å²) in [6.07, 6.45) is 5.02. The maximum absolute atomic E-state index is 11.1. The van der Waals surface area contributed by atoms with E-state index in [2.05, 4.69) is 0 Å². The van der Waals surface area contributed by atoms with Gasteiger partial charge in [0.1, 0.15) is 12.0 Å². The molecule has 1 fully saturated rings. The molecule has 0 radical (unpaired) electrons. The van der Waals surface area contributed by atoms with Crippen LogP contribution in [-0.2, 0) is 16.0 Å². The lowest BCUT2D eigenvalue weighted by Crippen LogP contribution is -2.33. The van der Waals surface area contributed by atoms with Crippen LogP contribution in [0.5, 0.6) is 0 Å². The first-order valence-electron chi connectivity index (χ1n) is 4.91. The molecule has 0 bridgehead atoms. The normalized spacial score (nSPS) is 20.6. The van der Waals surface area contributed by atoms with E-state index in [9.17, 15) is 4.79 Å². The molecular formula is C11H14O3. The van der Waals surface area contributed by atoms with Gasteiger partial charge in [-0.1, -0.05) is 0 Å². The third-order valence-corrected chi connectivity index (χ3v) is 2.84. The molecule has 3 nitrogen and oxygen atoms in total. The summed E-state index contributed by atoms with van der Waals surface area (Å²) in [4.78, 5) is 11.1. The second-order valence-electron chi connectivity index (χ2n) is 3.85. The number of carbonyl (C=O) groups is 1. The Morgan fingerprint density at radius 2 is 2.21 bits per heavy atom. The molecule has 1 aromatic rings. The zero-order valence-corrected chi connectivity index (χ0v) is 8.07. The molecule has 0 saturated carbocycles. The van der Waals surface area contributed by atoms with Crippen molar-refractivity contribution in [2.24, 2.45) is 5.41 Å². The number of carbonyl (C=O) groups excluding carboxylic acids is 1. The fourth-order valence-electron chi connectivity index (χ4n) is 1.87. The highest BCUT2D eigenvalue weighted by Crippen LogP contribution is 2.32. The SMILES string of the molecule is O=CC1(Cc2ccco2)CCOCC1. The number of hydrogen-bond acceptors (Lipinski definition) is 3. The lowest BCUT2D eigenvalue weighted by molar-refractivity contribution is -0.121. The van der Waals surface area contributed by atoms with E-state index in [1.54, 1.807) is 6.26 Å². The van der Waals surface area contributed by atoms with Crippen LogP contribution in [0.4, 0.5) is 0 Å². The first-order valence-corrected chi connectivity index (χ1v) is 4.91. The van der Waals surface area contributed by atoms with Crippen LogP contribution in [0.3, 0.4) is 0 Å². The lowest BCUT2D eigenvalue weighted by Gasteiger charge is -2.31. The first-order chi connectivity index (χ1) is 6.85. The Labute approximate surface area is 83.0 Å². The summed E-state index contributed by atoms with van der Waals surface area (Å²) < 4.78 is 10.5. The minimum absolute atomic E-state index is 0.254. The Morgan fingerprint density at radius 3 is 2.79 bits per heavy atom. The van der Waals surface area contributed by atoms with Crippen LogP contribution in [0, 0.1) is 5.41 Å². The van der Waals surface area contributed by atoms with Gasteiger partial charge in [-0.3, -0.25) is 0 Å². The summed E-state index contributed by atoms with van der Waals surface area (Å²) in [6.45, 7) is 1.36. The molecule has 0 unspecified atom stereocenters. The van der Waals surface area contributed by atoms with Crippen LogP contribution in [0.1, 0.15) is 18.6 Å². The van der Waals surface area contributed by atoms with Crippen LogP contribution >= 0.6 is 0 Å². The minimum Gasteiger partial charge on any atom is -0.469 e. The average Bonchev–Trinajstić information content (AvgIpc) is 2.72. The highest BCUT2D eigenvalue weighted by Gasteiger charge is 2.33. The van der Waals surface area contributed by atoms with Crippen LogP contribution in [0.15, 0.2) is 22.8 Å². The van der Waals surface area contributed by atoms with Crippen molar-refractivity contribution in [1.29, 1.82) is 0 Å². The second-order valence-corrected chi connectivity index (χ2v) is 3.85. The molecule has 2 rings (SSSR count). The molecule has 0 N–H and O–H groups in total. The van der Waals surface area contributed by atoms with Crippen molar-refractivity contribution in [2.45, 2.75) is 19.3 Å². The zero-order chi connectivity index (χ0) is 9.86. The van der Waals surface area contributed by atoms with Crippen molar-refractivity contribution in [1.82, 2.24) is 0 Å². The quantitative estimate of drug-likeness (QED) is 0.689. The summed E-state index contributed by atoms with van der Waals surface area (Å²) in [5.74, 6) is 0.888. The topological polar surface area (TPSA) is 39.4 Å². The molecule has 0 amide bonds.